The maximum absolute atomic E-state index is 12.9. The number of rotatable bonds is 6. The molecule has 1 saturated heterocycles. The largest absolute Gasteiger partial charge is 0.478 e. The molecule has 1 amide bonds. The number of carboxylic acid groups (broad SMARTS) is 1. The fraction of sp³-hybridized carbons (Fsp3) is 0.500. The van der Waals surface area contributed by atoms with Crippen molar-refractivity contribution >= 4 is 21.9 Å². The van der Waals surface area contributed by atoms with Crippen LogP contribution in [0.4, 0.5) is 0 Å². The van der Waals surface area contributed by atoms with Crippen molar-refractivity contribution in [1.29, 1.82) is 0 Å². The first kappa shape index (κ1) is 16.9. The molecule has 1 aromatic carbocycles. The second-order valence-corrected chi connectivity index (χ2v) is 8.20. The third kappa shape index (κ3) is 3.16. The maximum Gasteiger partial charge on any atom is 0.335 e. The molecule has 2 fully saturated rings. The Labute approximate surface area is 140 Å². The number of amides is 1. The molecule has 24 heavy (non-hydrogen) atoms. The maximum atomic E-state index is 12.9. The van der Waals surface area contributed by atoms with E-state index in [0.29, 0.717) is 24.4 Å². The van der Waals surface area contributed by atoms with Crippen LogP contribution < -0.4 is 0 Å². The number of aromatic carboxylic acids is 1. The van der Waals surface area contributed by atoms with Crippen LogP contribution in [-0.4, -0.2) is 54.4 Å². The highest BCUT2D eigenvalue weighted by Gasteiger charge is 2.39. The minimum atomic E-state index is -3.91. The summed E-state index contributed by atoms with van der Waals surface area (Å²) in [7, 11) is -3.91. The molecule has 0 radical (unpaired) electrons. The monoisotopic (exact) mass is 352 g/mol. The number of aryl methyl sites for hydroxylation is 1. The first-order chi connectivity index (χ1) is 11.3. The van der Waals surface area contributed by atoms with E-state index in [1.54, 1.807) is 4.90 Å². The van der Waals surface area contributed by atoms with Gasteiger partial charge in [0.25, 0.3) is 0 Å². The number of benzene rings is 1. The number of carboxylic acids is 1. The second kappa shape index (κ2) is 6.18. The Morgan fingerprint density at radius 1 is 1.33 bits per heavy atom. The fourth-order valence-electron chi connectivity index (χ4n) is 2.86. The lowest BCUT2D eigenvalue weighted by atomic mass is 10.1. The molecule has 0 spiro atoms. The molecule has 0 atom stereocenters. The first-order valence-corrected chi connectivity index (χ1v) is 9.41. The fourth-order valence-corrected chi connectivity index (χ4v) is 4.53. The van der Waals surface area contributed by atoms with Crippen molar-refractivity contribution < 1.29 is 23.1 Å². The summed E-state index contributed by atoms with van der Waals surface area (Å²) < 4.78 is 27.0. The van der Waals surface area contributed by atoms with Gasteiger partial charge in [-0.05, 0) is 42.9 Å². The topological polar surface area (TPSA) is 95.0 Å². The van der Waals surface area contributed by atoms with Crippen molar-refractivity contribution in [3.8, 4) is 0 Å². The lowest BCUT2D eigenvalue weighted by molar-refractivity contribution is -0.126. The quantitative estimate of drug-likeness (QED) is 0.829. The Hall–Kier alpha value is -1.93. The normalized spacial score (nSPS) is 19.0. The molecular formula is C16H20N2O5S. The molecule has 1 saturated carbocycles. The molecule has 1 N–H and O–H groups in total. The zero-order valence-electron chi connectivity index (χ0n) is 13.4. The molecule has 0 aromatic heterocycles. The van der Waals surface area contributed by atoms with Gasteiger partial charge in [-0.15, -0.1) is 0 Å². The number of carbonyl (C=O) groups excluding carboxylic acids is 1. The Morgan fingerprint density at radius 2 is 2.04 bits per heavy atom. The lowest BCUT2D eigenvalue weighted by Crippen LogP contribution is -2.32. The molecule has 1 aromatic rings. The molecule has 8 heteroatoms. The molecule has 1 aliphatic carbocycles. The van der Waals surface area contributed by atoms with Crippen molar-refractivity contribution in [1.82, 2.24) is 9.21 Å². The third-order valence-corrected chi connectivity index (χ3v) is 6.34. The van der Waals surface area contributed by atoms with Crippen LogP contribution >= 0.6 is 0 Å². The molecule has 1 heterocycles. The SMILES string of the molecule is CCc1ccc(C(=O)O)cc1S(=O)(=O)N1CC(=O)N(CC2CC2)C1. The molecular weight excluding hydrogens is 332 g/mol. The Morgan fingerprint density at radius 3 is 2.62 bits per heavy atom. The number of nitrogens with zero attached hydrogens (tertiary/aromatic N) is 2. The van der Waals surface area contributed by atoms with Crippen LogP contribution in [0.5, 0.6) is 0 Å². The number of hydrogen-bond acceptors (Lipinski definition) is 4. The summed E-state index contributed by atoms with van der Waals surface area (Å²) in [5, 5.41) is 9.12. The average Bonchev–Trinajstić information content (AvgIpc) is 3.28. The van der Waals surface area contributed by atoms with E-state index in [4.69, 9.17) is 5.11 Å². The highest BCUT2D eigenvalue weighted by Crippen LogP contribution is 2.32. The lowest BCUT2D eigenvalue weighted by Gasteiger charge is -2.19. The summed E-state index contributed by atoms with van der Waals surface area (Å²) in [6, 6.07) is 4.11. The summed E-state index contributed by atoms with van der Waals surface area (Å²) in [6.07, 6.45) is 2.62. The van der Waals surface area contributed by atoms with Crippen LogP contribution in [0.2, 0.25) is 0 Å². The van der Waals surface area contributed by atoms with E-state index in [0.717, 1.165) is 17.1 Å². The van der Waals surface area contributed by atoms with Crippen molar-refractivity contribution in [2.24, 2.45) is 5.92 Å². The minimum Gasteiger partial charge on any atom is -0.478 e. The van der Waals surface area contributed by atoms with Gasteiger partial charge in [-0.2, -0.15) is 4.31 Å². The average molecular weight is 352 g/mol. The second-order valence-electron chi connectivity index (χ2n) is 6.30. The Balaban J connectivity index is 1.91. The molecule has 1 aliphatic heterocycles. The van der Waals surface area contributed by atoms with E-state index in [1.165, 1.54) is 18.2 Å². The van der Waals surface area contributed by atoms with E-state index in [1.807, 2.05) is 6.92 Å². The summed E-state index contributed by atoms with van der Waals surface area (Å²) in [5.74, 6) is -0.891. The minimum absolute atomic E-state index is 0.0222. The van der Waals surface area contributed by atoms with Crippen LogP contribution in [0, 0.1) is 5.92 Å². The summed E-state index contributed by atoms with van der Waals surface area (Å²) in [6.45, 7) is 2.26. The van der Waals surface area contributed by atoms with Gasteiger partial charge in [0.2, 0.25) is 15.9 Å². The van der Waals surface area contributed by atoms with Gasteiger partial charge in [0, 0.05) is 6.54 Å². The molecule has 0 bridgehead atoms. The van der Waals surface area contributed by atoms with E-state index in [9.17, 15) is 18.0 Å². The van der Waals surface area contributed by atoms with E-state index in [2.05, 4.69) is 0 Å². The molecule has 7 nitrogen and oxygen atoms in total. The summed E-state index contributed by atoms with van der Waals surface area (Å²) in [4.78, 5) is 24.8. The number of carbonyl (C=O) groups is 2. The van der Waals surface area contributed by atoms with Crippen LogP contribution in [0.15, 0.2) is 23.1 Å². The van der Waals surface area contributed by atoms with E-state index >= 15 is 0 Å². The van der Waals surface area contributed by atoms with Crippen LogP contribution in [0.1, 0.15) is 35.7 Å². The molecule has 130 valence electrons. The van der Waals surface area contributed by atoms with Crippen molar-refractivity contribution in [3.05, 3.63) is 29.3 Å². The van der Waals surface area contributed by atoms with E-state index in [-0.39, 0.29) is 29.6 Å². The van der Waals surface area contributed by atoms with Crippen LogP contribution in [0.3, 0.4) is 0 Å². The molecule has 3 rings (SSSR count). The van der Waals surface area contributed by atoms with Gasteiger partial charge in [0.05, 0.1) is 23.7 Å². The first-order valence-electron chi connectivity index (χ1n) is 7.97. The van der Waals surface area contributed by atoms with Gasteiger partial charge >= 0.3 is 5.97 Å². The van der Waals surface area contributed by atoms with Crippen molar-refractivity contribution in [2.45, 2.75) is 31.1 Å². The van der Waals surface area contributed by atoms with Gasteiger partial charge in [-0.3, -0.25) is 4.79 Å². The van der Waals surface area contributed by atoms with Crippen LogP contribution in [-0.2, 0) is 21.2 Å². The molecule has 2 aliphatic rings. The van der Waals surface area contributed by atoms with Gasteiger partial charge in [-0.1, -0.05) is 13.0 Å². The molecule has 0 unspecified atom stereocenters. The van der Waals surface area contributed by atoms with Crippen molar-refractivity contribution in [3.63, 3.8) is 0 Å². The zero-order chi connectivity index (χ0) is 17.5. The van der Waals surface area contributed by atoms with Crippen LogP contribution in [0.25, 0.3) is 0 Å². The van der Waals surface area contributed by atoms with Crippen molar-refractivity contribution in [2.75, 3.05) is 19.8 Å². The number of sulfonamides is 1. The smallest absolute Gasteiger partial charge is 0.335 e. The highest BCUT2D eigenvalue weighted by atomic mass is 32.2. The Kier molecular flexibility index (Phi) is 4.35. The van der Waals surface area contributed by atoms with Gasteiger partial charge in [0.15, 0.2) is 0 Å². The standard InChI is InChI=1S/C16H20N2O5S/c1-2-12-5-6-13(16(20)21)7-14(12)24(22,23)18-9-15(19)17(10-18)8-11-3-4-11/h5-7,11H,2-4,8-10H2,1H3,(H,20,21). The predicted octanol–water partition coefficient (Wildman–Crippen LogP) is 1.15. The van der Waals surface area contributed by atoms with E-state index < -0.39 is 16.0 Å². The summed E-state index contributed by atoms with van der Waals surface area (Å²) in [5.41, 5.74) is 0.472. The third-order valence-electron chi connectivity index (χ3n) is 4.48. The highest BCUT2D eigenvalue weighted by molar-refractivity contribution is 7.89. The van der Waals surface area contributed by atoms with Gasteiger partial charge < -0.3 is 10.0 Å². The van der Waals surface area contributed by atoms with Gasteiger partial charge in [-0.25, -0.2) is 13.2 Å². The zero-order valence-corrected chi connectivity index (χ0v) is 14.3. The Bertz CT molecular complexity index is 786. The number of hydrogen-bond donors (Lipinski definition) is 1. The summed E-state index contributed by atoms with van der Waals surface area (Å²) >= 11 is 0. The predicted molar refractivity (Wildman–Crippen MR) is 86.0 cm³/mol. The van der Waals surface area contributed by atoms with Gasteiger partial charge in [0.1, 0.15) is 0 Å².